The van der Waals surface area contributed by atoms with Gasteiger partial charge < -0.3 is 9.84 Å². The first-order chi connectivity index (χ1) is 11.1. The van der Waals surface area contributed by atoms with E-state index in [1.54, 1.807) is 0 Å². The van der Waals surface area contributed by atoms with Gasteiger partial charge in [0.2, 0.25) is 11.8 Å². The van der Waals surface area contributed by atoms with Crippen molar-refractivity contribution in [3.05, 3.63) is 42.0 Å². The number of amides is 2. The summed E-state index contributed by atoms with van der Waals surface area (Å²) in [5.74, 6) is -0.173. The zero-order valence-corrected chi connectivity index (χ0v) is 13.1. The van der Waals surface area contributed by atoms with E-state index in [0.29, 0.717) is 18.6 Å². The largest absolute Gasteiger partial charge is 0.491 e. The molecule has 0 bridgehead atoms. The summed E-state index contributed by atoms with van der Waals surface area (Å²) in [4.78, 5) is 25.8. The molecule has 0 spiro atoms. The molecular formula is C18H21NO4. The van der Waals surface area contributed by atoms with Crippen molar-refractivity contribution in [1.82, 2.24) is 4.90 Å². The number of nitrogens with zero attached hydrogens (tertiary/aromatic N) is 1. The minimum absolute atomic E-state index is 0.00349. The van der Waals surface area contributed by atoms with Crippen molar-refractivity contribution in [1.29, 1.82) is 0 Å². The van der Waals surface area contributed by atoms with Gasteiger partial charge in [-0.15, -0.1) is 0 Å². The van der Waals surface area contributed by atoms with Crippen molar-refractivity contribution >= 4 is 11.8 Å². The van der Waals surface area contributed by atoms with Gasteiger partial charge in [-0.05, 0) is 37.5 Å². The maximum atomic E-state index is 12.3. The van der Waals surface area contributed by atoms with Gasteiger partial charge in [0.05, 0.1) is 18.4 Å². The number of aliphatic hydroxyl groups excluding tert-OH is 1. The summed E-state index contributed by atoms with van der Waals surface area (Å²) >= 11 is 0. The van der Waals surface area contributed by atoms with Crippen LogP contribution in [-0.4, -0.2) is 41.1 Å². The lowest BCUT2D eigenvalue weighted by Gasteiger charge is -2.19. The van der Waals surface area contributed by atoms with Gasteiger partial charge in [0.25, 0.3) is 0 Å². The minimum atomic E-state index is -0.892. The minimum Gasteiger partial charge on any atom is -0.491 e. The summed E-state index contributed by atoms with van der Waals surface area (Å²) in [6.45, 7) is 2.01. The molecule has 0 aromatic heterocycles. The second-order valence-corrected chi connectivity index (χ2v) is 6.22. The third-order valence-electron chi connectivity index (χ3n) is 4.42. The molecule has 1 saturated heterocycles. The molecule has 0 saturated carbocycles. The van der Waals surface area contributed by atoms with E-state index in [1.807, 2.05) is 43.3 Å². The lowest BCUT2D eigenvalue weighted by molar-refractivity contribution is -0.141. The van der Waals surface area contributed by atoms with E-state index in [0.717, 1.165) is 5.56 Å². The zero-order valence-electron chi connectivity index (χ0n) is 13.1. The van der Waals surface area contributed by atoms with Crippen molar-refractivity contribution < 1.29 is 19.4 Å². The molecule has 1 heterocycles. The topological polar surface area (TPSA) is 66.8 Å². The molecule has 3 atom stereocenters. The average molecular weight is 315 g/mol. The van der Waals surface area contributed by atoms with Gasteiger partial charge in [0.15, 0.2) is 0 Å². The highest BCUT2D eigenvalue weighted by Crippen LogP contribution is 2.35. The van der Waals surface area contributed by atoms with Crippen molar-refractivity contribution in [2.45, 2.75) is 25.9 Å². The number of allylic oxidation sites excluding steroid dienone is 2. The number of β-amino-alcohol motifs (C(OH)–C–C–N with tert-alkyl or cyclic N) is 1. The Hall–Kier alpha value is -2.14. The number of ether oxygens (including phenoxy) is 1. The Morgan fingerprint density at radius 1 is 1.22 bits per heavy atom. The normalized spacial score (nSPS) is 24.7. The van der Waals surface area contributed by atoms with E-state index < -0.39 is 6.10 Å². The Kier molecular flexibility index (Phi) is 4.48. The summed E-state index contributed by atoms with van der Waals surface area (Å²) in [7, 11) is 0. The number of imide groups is 1. The van der Waals surface area contributed by atoms with Crippen LogP contribution in [0, 0.1) is 18.8 Å². The first-order valence-corrected chi connectivity index (χ1v) is 7.94. The van der Waals surface area contributed by atoms with E-state index in [4.69, 9.17) is 4.74 Å². The quantitative estimate of drug-likeness (QED) is 0.663. The van der Waals surface area contributed by atoms with Crippen molar-refractivity contribution in [3.63, 3.8) is 0 Å². The second kappa shape index (κ2) is 6.54. The van der Waals surface area contributed by atoms with E-state index in [2.05, 4.69) is 0 Å². The first kappa shape index (κ1) is 15.7. The first-order valence-electron chi connectivity index (χ1n) is 7.94. The van der Waals surface area contributed by atoms with Crippen LogP contribution in [0.15, 0.2) is 36.4 Å². The molecule has 5 heteroatoms. The van der Waals surface area contributed by atoms with Crippen molar-refractivity contribution in [3.8, 4) is 5.75 Å². The smallest absolute Gasteiger partial charge is 0.233 e. The third-order valence-corrected chi connectivity index (χ3v) is 4.42. The molecule has 2 aliphatic rings. The molecule has 1 fully saturated rings. The summed E-state index contributed by atoms with van der Waals surface area (Å²) in [5, 5.41) is 10.1. The standard InChI is InChI=1S/C18H21NO4/c1-12-5-4-6-14(9-12)23-11-13(20)10-19-17(21)15-7-2-3-8-16(15)18(19)22/h2-6,9,13,15-16,20H,7-8,10-11H2,1H3. The molecule has 2 amide bonds. The van der Waals surface area contributed by atoms with Crippen LogP contribution >= 0.6 is 0 Å². The number of fused-ring (bicyclic) bond motifs is 1. The molecule has 122 valence electrons. The van der Waals surface area contributed by atoms with Crippen LogP contribution in [-0.2, 0) is 9.59 Å². The highest BCUT2D eigenvalue weighted by molar-refractivity contribution is 6.05. The Bertz CT molecular complexity index is 614. The van der Waals surface area contributed by atoms with Crippen LogP contribution in [0.3, 0.4) is 0 Å². The van der Waals surface area contributed by atoms with E-state index >= 15 is 0 Å². The Labute approximate surface area is 135 Å². The fraction of sp³-hybridized carbons (Fsp3) is 0.444. The van der Waals surface area contributed by atoms with Gasteiger partial charge in [-0.2, -0.15) is 0 Å². The lowest BCUT2D eigenvalue weighted by Crippen LogP contribution is -2.40. The van der Waals surface area contributed by atoms with Crippen LogP contribution in [0.5, 0.6) is 5.75 Å². The number of rotatable bonds is 5. The van der Waals surface area contributed by atoms with Crippen LogP contribution in [0.4, 0.5) is 0 Å². The van der Waals surface area contributed by atoms with Gasteiger partial charge in [-0.3, -0.25) is 14.5 Å². The van der Waals surface area contributed by atoms with Crippen molar-refractivity contribution in [2.24, 2.45) is 11.8 Å². The third kappa shape index (κ3) is 3.29. The van der Waals surface area contributed by atoms with Crippen LogP contribution < -0.4 is 4.74 Å². The zero-order chi connectivity index (χ0) is 16.4. The molecule has 23 heavy (non-hydrogen) atoms. The number of hydrogen-bond acceptors (Lipinski definition) is 4. The van der Waals surface area contributed by atoms with Crippen LogP contribution in [0.1, 0.15) is 18.4 Å². The summed E-state index contributed by atoms with van der Waals surface area (Å²) in [6, 6.07) is 7.52. The molecule has 3 rings (SSSR count). The SMILES string of the molecule is Cc1cccc(OCC(O)CN2C(=O)C3CC=CCC3C2=O)c1. The van der Waals surface area contributed by atoms with Gasteiger partial charge >= 0.3 is 0 Å². The molecule has 1 aliphatic heterocycles. The Balaban J connectivity index is 1.56. The number of carbonyl (C=O) groups excluding carboxylic acids is 2. The number of hydrogen-bond donors (Lipinski definition) is 1. The van der Waals surface area contributed by atoms with E-state index in [1.165, 1.54) is 4.90 Å². The number of carbonyl (C=O) groups is 2. The van der Waals surface area contributed by atoms with Gasteiger partial charge in [-0.25, -0.2) is 0 Å². The van der Waals surface area contributed by atoms with Gasteiger partial charge in [0, 0.05) is 0 Å². The van der Waals surface area contributed by atoms with Gasteiger partial charge in [-0.1, -0.05) is 24.3 Å². The highest BCUT2D eigenvalue weighted by Gasteiger charge is 2.47. The van der Waals surface area contributed by atoms with Crippen LogP contribution in [0.2, 0.25) is 0 Å². The highest BCUT2D eigenvalue weighted by atomic mass is 16.5. The fourth-order valence-electron chi connectivity index (χ4n) is 3.21. The Morgan fingerprint density at radius 3 is 2.48 bits per heavy atom. The predicted molar refractivity (Wildman–Crippen MR) is 84.8 cm³/mol. The lowest BCUT2D eigenvalue weighted by atomic mass is 9.85. The second-order valence-electron chi connectivity index (χ2n) is 6.22. The summed E-state index contributed by atoms with van der Waals surface area (Å²) < 4.78 is 5.54. The Morgan fingerprint density at radius 2 is 1.87 bits per heavy atom. The maximum absolute atomic E-state index is 12.3. The molecular weight excluding hydrogens is 294 g/mol. The molecule has 1 N–H and O–H groups in total. The van der Waals surface area contributed by atoms with E-state index in [9.17, 15) is 14.7 Å². The fourth-order valence-corrected chi connectivity index (χ4v) is 3.21. The molecule has 1 aromatic rings. The van der Waals surface area contributed by atoms with Crippen LogP contribution in [0.25, 0.3) is 0 Å². The predicted octanol–water partition coefficient (Wildman–Crippen LogP) is 1.69. The van der Waals surface area contributed by atoms with E-state index in [-0.39, 0.29) is 36.8 Å². The number of benzene rings is 1. The number of aliphatic hydroxyl groups is 1. The number of likely N-dealkylation sites (tertiary alicyclic amines) is 1. The molecule has 3 unspecified atom stereocenters. The summed E-state index contributed by atoms with van der Waals surface area (Å²) in [5.41, 5.74) is 1.07. The maximum Gasteiger partial charge on any atom is 0.233 e. The van der Waals surface area contributed by atoms with Crippen molar-refractivity contribution in [2.75, 3.05) is 13.2 Å². The average Bonchev–Trinajstić information content (AvgIpc) is 2.79. The number of aryl methyl sites for hydroxylation is 1. The summed E-state index contributed by atoms with van der Waals surface area (Å²) in [6.07, 6.45) is 4.24. The van der Waals surface area contributed by atoms with Gasteiger partial charge in [0.1, 0.15) is 18.5 Å². The molecule has 1 aromatic carbocycles. The molecule has 0 radical (unpaired) electrons. The molecule has 5 nitrogen and oxygen atoms in total. The monoisotopic (exact) mass is 315 g/mol. The molecule has 1 aliphatic carbocycles.